The summed E-state index contributed by atoms with van der Waals surface area (Å²) in [5.41, 5.74) is -0.124. The fraction of sp³-hybridized carbons (Fsp3) is 0.364. The Balaban J connectivity index is 2.71. The number of anilines is 1. The summed E-state index contributed by atoms with van der Waals surface area (Å²) in [5.74, 6) is -0.854. The standard InChI is InChI=1S/C11H13Cl2NO2/c1-11(2,10(15)16)6-14-9-4-7(12)3-8(13)5-9/h3-5,14H,6H2,1-2H3,(H,15,16). The molecule has 2 N–H and O–H groups in total. The minimum atomic E-state index is -0.854. The topological polar surface area (TPSA) is 49.3 Å². The van der Waals surface area contributed by atoms with Crippen LogP contribution < -0.4 is 5.32 Å². The lowest BCUT2D eigenvalue weighted by atomic mass is 9.94. The Bertz CT molecular complexity index is 385. The van der Waals surface area contributed by atoms with Gasteiger partial charge in [0.15, 0.2) is 0 Å². The van der Waals surface area contributed by atoms with Gasteiger partial charge in [0, 0.05) is 22.3 Å². The number of aliphatic carboxylic acids is 1. The summed E-state index contributed by atoms with van der Waals surface area (Å²) in [6.45, 7) is 3.60. The highest BCUT2D eigenvalue weighted by atomic mass is 35.5. The summed E-state index contributed by atoms with van der Waals surface area (Å²) in [7, 11) is 0. The average molecular weight is 262 g/mol. The second-order valence-electron chi connectivity index (χ2n) is 4.20. The number of halogens is 2. The van der Waals surface area contributed by atoms with Gasteiger partial charge in [-0.25, -0.2) is 0 Å². The van der Waals surface area contributed by atoms with E-state index in [1.54, 1.807) is 32.0 Å². The Morgan fingerprint density at radius 1 is 1.31 bits per heavy atom. The first-order chi connectivity index (χ1) is 7.31. The Morgan fingerprint density at radius 2 is 1.81 bits per heavy atom. The van der Waals surface area contributed by atoms with Crippen molar-refractivity contribution < 1.29 is 9.90 Å². The first-order valence-electron chi connectivity index (χ1n) is 4.74. The molecule has 0 radical (unpaired) electrons. The van der Waals surface area contributed by atoms with Gasteiger partial charge < -0.3 is 10.4 Å². The molecule has 1 aromatic rings. The highest BCUT2D eigenvalue weighted by molar-refractivity contribution is 6.35. The van der Waals surface area contributed by atoms with Gasteiger partial charge in [0.25, 0.3) is 0 Å². The van der Waals surface area contributed by atoms with Gasteiger partial charge in [-0.15, -0.1) is 0 Å². The van der Waals surface area contributed by atoms with Gasteiger partial charge in [-0.1, -0.05) is 23.2 Å². The zero-order chi connectivity index (χ0) is 12.3. The first kappa shape index (κ1) is 13.1. The highest BCUT2D eigenvalue weighted by Crippen LogP contribution is 2.24. The van der Waals surface area contributed by atoms with Crippen molar-refractivity contribution in [1.29, 1.82) is 0 Å². The molecule has 0 amide bonds. The molecule has 0 saturated carbocycles. The second-order valence-corrected chi connectivity index (χ2v) is 5.07. The van der Waals surface area contributed by atoms with Crippen molar-refractivity contribution >= 4 is 34.9 Å². The number of nitrogens with one attached hydrogen (secondary N) is 1. The van der Waals surface area contributed by atoms with E-state index in [2.05, 4.69) is 5.32 Å². The number of carboxylic acids is 1. The van der Waals surface area contributed by atoms with Crippen LogP contribution in [0.25, 0.3) is 0 Å². The minimum absolute atomic E-state index is 0.305. The number of carboxylic acid groups (broad SMARTS) is 1. The number of hydrogen-bond donors (Lipinski definition) is 2. The summed E-state index contributed by atoms with van der Waals surface area (Å²) >= 11 is 11.6. The van der Waals surface area contributed by atoms with Crippen LogP contribution in [-0.2, 0) is 4.79 Å². The minimum Gasteiger partial charge on any atom is -0.481 e. The van der Waals surface area contributed by atoms with E-state index in [0.717, 1.165) is 0 Å². The summed E-state index contributed by atoms with van der Waals surface area (Å²) in [4.78, 5) is 10.9. The van der Waals surface area contributed by atoms with Gasteiger partial charge in [0.1, 0.15) is 0 Å². The summed E-state index contributed by atoms with van der Waals surface area (Å²) in [6.07, 6.45) is 0. The lowest BCUT2D eigenvalue weighted by Crippen LogP contribution is -2.31. The molecule has 5 heteroatoms. The molecule has 1 rings (SSSR count). The SMILES string of the molecule is CC(C)(CNc1cc(Cl)cc(Cl)c1)C(=O)O. The van der Waals surface area contributed by atoms with Crippen molar-refractivity contribution in [1.82, 2.24) is 0 Å². The van der Waals surface area contributed by atoms with Gasteiger partial charge >= 0.3 is 5.97 Å². The molecule has 0 aliphatic rings. The fourth-order valence-electron chi connectivity index (χ4n) is 1.05. The lowest BCUT2D eigenvalue weighted by molar-refractivity contribution is -0.146. The maximum Gasteiger partial charge on any atom is 0.310 e. The maximum absolute atomic E-state index is 10.9. The lowest BCUT2D eigenvalue weighted by Gasteiger charge is -2.20. The Kier molecular flexibility index (Phi) is 4.05. The second kappa shape index (κ2) is 4.93. The van der Waals surface area contributed by atoms with E-state index >= 15 is 0 Å². The van der Waals surface area contributed by atoms with E-state index in [1.165, 1.54) is 0 Å². The molecule has 0 atom stereocenters. The highest BCUT2D eigenvalue weighted by Gasteiger charge is 2.26. The molecule has 1 aromatic carbocycles. The average Bonchev–Trinajstić information content (AvgIpc) is 2.13. The van der Waals surface area contributed by atoms with Crippen molar-refractivity contribution in [3.05, 3.63) is 28.2 Å². The van der Waals surface area contributed by atoms with Gasteiger partial charge in [0.2, 0.25) is 0 Å². The molecule has 0 heterocycles. The third kappa shape index (κ3) is 3.58. The zero-order valence-electron chi connectivity index (χ0n) is 9.05. The van der Waals surface area contributed by atoms with Gasteiger partial charge in [-0.3, -0.25) is 4.79 Å². The van der Waals surface area contributed by atoms with Crippen molar-refractivity contribution in [2.75, 3.05) is 11.9 Å². The molecule has 16 heavy (non-hydrogen) atoms. The third-order valence-corrected chi connectivity index (χ3v) is 2.61. The summed E-state index contributed by atoms with van der Waals surface area (Å²) in [5, 5.41) is 13.0. The molecule has 0 aromatic heterocycles. The molecule has 0 fully saturated rings. The smallest absolute Gasteiger partial charge is 0.310 e. The summed E-state index contributed by atoms with van der Waals surface area (Å²) in [6, 6.07) is 5.02. The van der Waals surface area contributed by atoms with Crippen LogP contribution in [0, 0.1) is 5.41 Å². The van der Waals surface area contributed by atoms with Crippen LogP contribution in [0.4, 0.5) is 5.69 Å². The fourth-order valence-corrected chi connectivity index (χ4v) is 1.58. The third-order valence-electron chi connectivity index (χ3n) is 2.18. The quantitative estimate of drug-likeness (QED) is 0.872. The first-order valence-corrected chi connectivity index (χ1v) is 5.50. The molecule has 0 saturated heterocycles. The van der Waals surface area contributed by atoms with E-state index in [-0.39, 0.29) is 0 Å². The number of rotatable bonds is 4. The van der Waals surface area contributed by atoms with Crippen molar-refractivity contribution in [2.24, 2.45) is 5.41 Å². The molecule has 3 nitrogen and oxygen atoms in total. The van der Waals surface area contributed by atoms with Crippen LogP contribution in [0.15, 0.2) is 18.2 Å². The van der Waals surface area contributed by atoms with Gasteiger partial charge in [-0.2, -0.15) is 0 Å². The summed E-state index contributed by atoms with van der Waals surface area (Å²) < 4.78 is 0. The number of carbonyl (C=O) groups is 1. The Labute approximate surface area is 104 Å². The molecule has 0 aliphatic heterocycles. The van der Waals surface area contributed by atoms with Crippen LogP contribution in [0.5, 0.6) is 0 Å². The number of hydrogen-bond acceptors (Lipinski definition) is 2. The predicted molar refractivity (Wildman–Crippen MR) is 66.4 cm³/mol. The van der Waals surface area contributed by atoms with E-state index in [9.17, 15) is 4.79 Å². The molecule has 88 valence electrons. The molecular weight excluding hydrogens is 249 g/mol. The van der Waals surface area contributed by atoms with E-state index in [4.69, 9.17) is 28.3 Å². The van der Waals surface area contributed by atoms with E-state index < -0.39 is 11.4 Å². The van der Waals surface area contributed by atoms with Gasteiger partial charge in [-0.05, 0) is 32.0 Å². The van der Waals surface area contributed by atoms with Crippen LogP contribution in [0.3, 0.4) is 0 Å². The maximum atomic E-state index is 10.9. The normalized spacial score (nSPS) is 11.2. The molecule has 0 bridgehead atoms. The molecule has 0 aliphatic carbocycles. The molecule has 0 spiro atoms. The van der Waals surface area contributed by atoms with Crippen molar-refractivity contribution in [2.45, 2.75) is 13.8 Å². The van der Waals surface area contributed by atoms with Gasteiger partial charge in [0.05, 0.1) is 5.41 Å². The van der Waals surface area contributed by atoms with Crippen LogP contribution in [0.2, 0.25) is 10.0 Å². The predicted octanol–water partition coefficient (Wildman–Crippen LogP) is 3.52. The van der Waals surface area contributed by atoms with Crippen LogP contribution >= 0.6 is 23.2 Å². The Hall–Kier alpha value is -0.930. The van der Waals surface area contributed by atoms with Crippen LogP contribution in [-0.4, -0.2) is 17.6 Å². The van der Waals surface area contributed by atoms with E-state index in [0.29, 0.717) is 22.3 Å². The van der Waals surface area contributed by atoms with Crippen LogP contribution in [0.1, 0.15) is 13.8 Å². The molecule has 0 unspecified atom stereocenters. The number of benzene rings is 1. The van der Waals surface area contributed by atoms with Crippen molar-refractivity contribution in [3.63, 3.8) is 0 Å². The largest absolute Gasteiger partial charge is 0.481 e. The van der Waals surface area contributed by atoms with E-state index in [1.807, 2.05) is 0 Å². The monoisotopic (exact) mass is 261 g/mol. The zero-order valence-corrected chi connectivity index (χ0v) is 10.6. The Morgan fingerprint density at radius 3 is 2.25 bits per heavy atom. The molecular formula is C11H13Cl2NO2. The van der Waals surface area contributed by atoms with Crippen molar-refractivity contribution in [3.8, 4) is 0 Å².